The number of rotatable bonds is 7. The topological polar surface area (TPSA) is 118 Å². The largest absolute Gasteiger partial charge is 0.497 e. The molecule has 8 heteroatoms. The van der Waals surface area contributed by atoms with Gasteiger partial charge in [-0.3, -0.25) is 4.79 Å². The van der Waals surface area contributed by atoms with Crippen molar-refractivity contribution >= 4 is 23.8 Å². The van der Waals surface area contributed by atoms with Crippen molar-refractivity contribution in [1.29, 1.82) is 5.26 Å². The first-order valence-corrected chi connectivity index (χ1v) is 9.02. The molecule has 0 saturated heterocycles. The first kappa shape index (κ1) is 22.4. The molecule has 0 aliphatic rings. The second-order valence-electron chi connectivity index (χ2n) is 6.47. The van der Waals surface area contributed by atoms with Crippen molar-refractivity contribution in [3.63, 3.8) is 0 Å². The number of methoxy groups -OCH3 is 2. The SMILES string of the molecule is COC(=O)c1c(C)[nH]c(C(=O)[C@H](C)OC(=O)/C(C#N)=C/c2ccc(OC)cc2)c1C. The van der Waals surface area contributed by atoms with Crippen molar-refractivity contribution in [2.75, 3.05) is 14.2 Å². The molecule has 0 bridgehead atoms. The minimum Gasteiger partial charge on any atom is -0.497 e. The molecule has 156 valence electrons. The average molecular weight is 410 g/mol. The Morgan fingerprint density at radius 3 is 2.30 bits per heavy atom. The van der Waals surface area contributed by atoms with Gasteiger partial charge in [0.2, 0.25) is 5.78 Å². The number of nitrogens with one attached hydrogen (secondary N) is 1. The summed E-state index contributed by atoms with van der Waals surface area (Å²) in [6.07, 6.45) is 0.186. The molecule has 1 atom stereocenters. The smallest absolute Gasteiger partial charge is 0.349 e. The highest BCUT2D eigenvalue weighted by Gasteiger charge is 2.28. The van der Waals surface area contributed by atoms with E-state index in [4.69, 9.17) is 14.2 Å². The molecule has 0 radical (unpaired) electrons. The standard InChI is InChI=1S/C22H22N2O6/c1-12-18(22(27)29-5)13(2)24-19(12)20(25)14(3)30-21(26)16(11-23)10-15-6-8-17(28-4)9-7-15/h6-10,14,24H,1-5H3/b16-10+/t14-/m0/s1. The second kappa shape index (κ2) is 9.56. The molecular weight excluding hydrogens is 388 g/mol. The Labute approximate surface area is 174 Å². The highest BCUT2D eigenvalue weighted by Crippen LogP contribution is 2.21. The Hall–Kier alpha value is -3.86. The van der Waals surface area contributed by atoms with Gasteiger partial charge >= 0.3 is 11.9 Å². The van der Waals surface area contributed by atoms with Crippen molar-refractivity contribution in [1.82, 2.24) is 4.98 Å². The molecule has 2 aromatic rings. The number of benzene rings is 1. The second-order valence-corrected chi connectivity index (χ2v) is 6.47. The minimum absolute atomic E-state index is 0.144. The van der Waals surface area contributed by atoms with E-state index in [2.05, 4.69) is 4.98 Å². The molecule has 0 fully saturated rings. The predicted molar refractivity (Wildman–Crippen MR) is 108 cm³/mol. The summed E-state index contributed by atoms with van der Waals surface area (Å²) in [4.78, 5) is 39.9. The normalized spacial score (nSPS) is 11.9. The zero-order valence-corrected chi connectivity index (χ0v) is 17.4. The summed E-state index contributed by atoms with van der Waals surface area (Å²) in [6.45, 7) is 4.63. The third-order valence-electron chi connectivity index (χ3n) is 4.49. The number of nitriles is 1. The molecule has 0 spiro atoms. The molecule has 1 N–H and O–H groups in total. The van der Waals surface area contributed by atoms with Crippen molar-refractivity contribution in [3.05, 3.63) is 57.9 Å². The van der Waals surface area contributed by atoms with Crippen molar-refractivity contribution < 1.29 is 28.6 Å². The van der Waals surface area contributed by atoms with E-state index in [1.54, 1.807) is 44.2 Å². The summed E-state index contributed by atoms with van der Waals surface area (Å²) >= 11 is 0. The Balaban J connectivity index is 2.19. The van der Waals surface area contributed by atoms with E-state index in [0.29, 0.717) is 22.6 Å². The van der Waals surface area contributed by atoms with E-state index in [0.717, 1.165) is 0 Å². The van der Waals surface area contributed by atoms with Crippen LogP contribution in [-0.4, -0.2) is 43.0 Å². The van der Waals surface area contributed by atoms with Crippen LogP contribution in [0.1, 0.15) is 44.6 Å². The van der Waals surface area contributed by atoms with Gasteiger partial charge in [0.15, 0.2) is 6.10 Å². The number of esters is 2. The Kier molecular flexibility index (Phi) is 7.15. The summed E-state index contributed by atoms with van der Waals surface area (Å²) in [7, 11) is 2.78. The molecule has 0 aliphatic carbocycles. The lowest BCUT2D eigenvalue weighted by Crippen LogP contribution is -2.26. The maximum Gasteiger partial charge on any atom is 0.349 e. The number of ketones is 1. The van der Waals surface area contributed by atoms with Gasteiger partial charge < -0.3 is 19.2 Å². The minimum atomic E-state index is -1.17. The third kappa shape index (κ3) is 4.75. The van der Waals surface area contributed by atoms with Gasteiger partial charge in [-0.05, 0) is 50.1 Å². The molecule has 1 aromatic carbocycles. The molecule has 1 aromatic heterocycles. The number of aromatic nitrogens is 1. The number of hydrogen-bond acceptors (Lipinski definition) is 7. The number of carbonyl (C=O) groups is 3. The fraction of sp³-hybridized carbons (Fsp3) is 0.273. The molecule has 0 amide bonds. The molecule has 1 heterocycles. The van der Waals surface area contributed by atoms with Crippen molar-refractivity contribution in [2.24, 2.45) is 0 Å². The lowest BCUT2D eigenvalue weighted by atomic mass is 10.1. The van der Waals surface area contributed by atoms with Crippen LogP contribution in [0.3, 0.4) is 0 Å². The van der Waals surface area contributed by atoms with Gasteiger partial charge in [0.25, 0.3) is 0 Å². The summed E-state index contributed by atoms with van der Waals surface area (Å²) in [5, 5.41) is 9.31. The summed E-state index contributed by atoms with van der Waals surface area (Å²) in [5.74, 6) is -1.39. The third-order valence-corrected chi connectivity index (χ3v) is 4.49. The summed E-state index contributed by atoms with van der Waals surface area (Å²) in [6, 6.07) is 8.52. The van der Waals surface area contributed by atoms with Crippen molar-refractivity contribution in [2.45, 2.75) is 26.9 Å². The van der Waals surface area contributed by atoms with Crippen LogP contribution in [0.5, 0.6) is 5.75 Å². The summed E-state index contributed by atoms with van der Waals surface area (Å²) < 4.78 is 15.0. The number of aryl methyl sites for hydroxylation is 1. The number of Topliss-reactive ketones (excluding diaryl/α,β-unsaturated/α-hetero) is 1. The van der Waals surface area contributed by atoms with Gasteiger partial charge in [0.05, 0.1) is 25.5 Å². The molecular formula is C22H22N2O6. The number of aromatic amines is 1. The molecule has 0 aliphatic heterocycles. The van der Waals surface area contributed by atoms with Gasteiger partial charge in [-0.25, -0.2) is 9.59 Å². The van der Waals surface area contributed by atoms with Gasteiger partial charge in [-0.15, -0.1) is 0 Å². The number of hydrogen-bond donors (Lipinski definition) is 1. The Morgan fingerprint density at radius 1 is 1.13 bits per heavy atom. The van der Waals surface area contributed by atoms with Crippen LogP contribution in [0.2, 0.25) is 0 Å². The van der Waals surface area contributed by atoms with E-state index in [-0.39, 0.29) is 16.8 Å². The number of nitrogens with zero attached hydrogens (tertiary/aromatic N) is 1. The highest BCUT2D eigenvalue weighted by molar-refractivity contribution is 6.05. The van der Waals surface area contributed by atoms with E-state index < -0.39 is 23.8 Å². The lowest BCUT2D eigenvalue weighted by molar-refractivity contribution is -0.141. The van der Waals surface area contributed by atoms with Gasteiger partial charge in [0.1, 0.15) is 17.4 Å². The van der Waals surface area contributed by atoms with Crippen molar-refractivity contribution in [3.8, 4) is 11.8 Å². The molecule has 8 nitrogen and oxygen atoms in total. The van der Waals surface area contributed by atoms with Crippen LogP contribution in [0.15, 0.2) is 29.8 Å². The van der Waals surface area contributed by atoms with Crippen LogP contribution in [0.25, 0.3) is 6.08 Å². The highest BCUT2D eigenvalue weighted by atomic mass is 16.5. The summed E-state index contributed by atoms with van der Waals surface area (Å²) in [5.41, 5.74) is 1.62. The van der Waals surface area contributed by atoms with Gasteiger partial charge in [-0.1, -0.05) is 12.1 Å². The van der Waals surface area contributed by atoms with Crippen LogP contribution in [0, 0.1) is 25.2 Å². The van der Waals surface area contributed by atoms with Crippen LogP contribution >= 0.6 is 0 Å². The fourth-order valence-electron chi connectivity index (χ4n) is 2.89. The first-order valence-electron chi connectivity index (χ1n) is 9.02. The Morgan fingerprint density at radius 2 is 1.77 bits per heavy atom. The van der Waals surface area contributed by atoms with E-state index in [1.165, 1.54) is 27.2 Å². The molecule has 30 heavy (non-hydrogen) atoms. The maximum atomic E-state index is 12.7. The Bertz CT molecular complexity index is 1040. The zero-order valence-electron chi connectivity index (χ0n) is 17.4. The maximum absolute atomic E-state index is 12.7. The fourth-order valence-corrected chi connectivity index (χ4v) is 2.89. The molecule has 0 unspecified atom stereocenters. The molecule has 0 saturated carbocycles. The zero-order chi connectivity index (χ0) is 22.4. The number of ether oxygens (including phenoxy) is 3. The van der Waals surface area contributed by atoms with Gasteiger partial charge in [-0.2, -0.15) is 5.26 Å². The van der Waals surface area contributed by atoms with E-state index >= 15 is 0 Å². The van der Waals surface area contributed by atoms with Crippen LogP contribution < -0.4 is 4.74 Å². The van der Waals surface area contributed by atoms with Gasteiger partial charge in [0, 0.05) is 5.69 Å². The molecule has 2 rings (SSSR count). The number of H-pyrrole nitrogens is 1. The van der Waals surface area contributed by atoms with E-state index in [1.807, 2.05) is 0 Å². The monoisotopic (exact) mass is 410 g/mol. The first-order chi connectivity index (χ1) is 14.2. The van der Waals surface area contributed by atoms with E-state index in [9.17, 15) is 19.6 Å². The number of carbonyl (C=O) groups excluding carboxylic acids is 3. The van der Waals surface area contributed by atoms with Crippen LogP contribution in [-0.2, 0) is 14.3 Å². The van der Waals surface area contributed by atoms with Crippen LogP contribution in [0.4, 0.5) is 0 Å². The average Bonchev–Trinajstić information content (AvgIpc) is 3.04. The predicted octanol–water partition coefficient (Wildman–Crippen LogP) is 3.15. The lowest BCUT2D eigenvalue weighted by Gasteiger charge is -2.12. The quantitative estimate of drug-likeness (QED) is 0.322.